The van der Waals surface area contributed by atoms with Crippen LogP contribution < -0.4 is 9.78 Å². The molecule has 0 fully saturated rings. The molecule has 0 saturated heterocycles. The van der Waals surface area contributed by atoms with Gasteiger partial charge in [0, 0.05) is 17.2 Å². The Morgan fingerprint density at radius 3 is 2.45 bits per heavy atom. The summed E-state index contributed by atoms with van der Waals surface area (Å²) >= 11 is 5.82. The number of benzene rings is 1. The van der Waals surface area contributed by atoms with Gasteiger partial charge in [-0.25, -0.2) is 0 Å². The van der Waals surface area contributed by atoms with E-state index in [1.807, 2.05) is 24.5 Å². The van der Waals surface area contributed by atoms with Crippen molar-refractivity contribution in [2.24, 2.45) is 5.10 Å². The molecular weight excluding hydrogens is 296 g/mol. The zero-order valence-electron chi connectivity index (χ0n) is 12.2. The number of aromatic nitrogens is 1. The van der Waals surface area contributed by atoms with Gasteiger partial charge in [-0.3, -0.25) is 0 Å². The van der Waals surface area contributed by atoms with E-state index in [1.165, 1.54) is 12.0 Å². The molecule has 1 aliphatic rings. The zero-order chi connectivity index (χ0) is 15.4. The lowest BCUT2D eigenvalue weighted by molar-refractivity contribution is -0.681. The Balaban J connectivity index is 1.76. The van der Waals surface area contributed by atoms with Crippen LogP contribution in [0.3, 0.4) is 0 Å². The van der Waals surface area contributed by atoms with Crippen LogP contribution in [0.4, 0.5) is 0 Å². The van der Waals surface area contributed by atoms with Gasteiger partial charge < -0.3 is 5.11 Å². The van der Waals surface area contributed by atoms with E-state index in [0.29, 0.717) is 16.5 Å². The molecule has 1 atom stereocenters. The largest absolute Gasteiger partial charge is 0.854 e. The second kappa shape index (κ2) is 6.75. The Morgan fingerprint density at radius 2 is 1.82 bits per heavy atom. The standard InChI is InChI=1S/C18H17ClN2O/c19-17-8-6-16(7-9-17)18(22)20-21-12-10-15(11-13-21)14-4-2-1-3-5-14/h1-2,6-14H,3-5H2. The Morgan fingerprint density at radius 1 is 1.09 bits per heavy atom. The van der Waals surface area contributed by atoms with E-state index in [-0.39, 0.29) is 5.90 Å². The van der Waals surface area contributed by atoms with Gasteiger partial charge in [0.25, 0.3) is 0 Å². The molecule has 2 aromatic rings. The topological polar surface area (TPSA) is 39.3 Å². The third-order valence-electron chi connectivity index (χ3n) is 3.88. The van der Waals surface area contributed by atoms with Gasteiger partial charge in [-0.05, 0) is 53.5 Å². The monoisotopic (exact) mass is 312 g/mol. The molecule has 3 nitrogen and oxygen atoms in total. The highest BCUT2D eigenvalue weighted by Crippen LogP contribution is 2.28. The summed E-state index contributed by atoms with van der Waals surface area (Å²) < 4.78 is 1.55. The normalized spacial score (nSPS) is 18.4. The summed E-state index contributed by atoms with van der Waals surface area (Å²) in [4.78, 5) is 0. The second-order valence-corrected chi connectivity index (χ2v) is 5.84. The lowest BCUT2D eigenvalue weighted by atomic mass is 9.88. The first-order valence-electron chi connectivity index (χ1n) is 7.40. The summed E-state index contributed by atoms with van der Waals surface area (Å²) in [6, 6.07) is 10.8. The SMILES string of the molecule is [O-]/C(=N\[n+]1ccc(C2CC=CCC2)cc1)c1ccc(Cl)cc1. The highest BCUT2D eigenvalue weighted by molar-refractivity contribution is 6.30. The predicted molar refractivity (Wildman–Crippen MR) is 85.8 cm³/mol. The quantitative estimate of drug-likeness (QED) is 0.372. The molecule has 0 spiro atoms. The van der Waals surface area contributed by atoms with E-state index in [2.05, 4.69) is 17.3 Å². The zero-order valence-corrected chi connectivity index (χ0v) is 12.9. The molecular formula is C18H17ClN2O. The molecule has 1 heterocycles. The molecule has 1 aromatic heterocycles. The van der Waals surface area contributed by atoms with Crippen LogP contribution in [-0.4, -0.2) is 5.90 Å². The number of hydrogen-bond donors (Lipinski definition) is 0. The molecule has 4 heteroatoms. The van der Waals surface area contributed by atoms with Crippen molar-refractivity contribution in [2.75, 3.05) is 0 Å². The van der Waals surface area contributed by atoms with Gasteiger partial charge in [0.15, 0.2) is 0 Å². The van der Waals surface area contributed by atoms with Crippen LogP contribution in [0.2, 0.25) is 5.02 Å². The summed E-state index contributed by atoms with van der Waals surface area (Å²) in [7, 11) is 0. The fourth-order valence-corrected chi connectivity index (χ4v) is 2.75. The minimum absolute atomic E-state index is 0.282. The molecule has 0 aliphatic heterocycles. The van der Waals surface area contributed by atoms with Crippen molar-refractivity contribution in [3.05, 3.63) is 77.1 Å². The van der Waals surface area contributed by atoms with Gasteiger partial charge >= 0.3 is 0 Å². The Labute approximate surface area is 135 Å². The van der Waals surface area contributed by atoms with Gasteiger partial charge in [0.1, 0.15) is 0 Å². The minimum Gasteiger partial charge on any atom is -0.854 e. The van der Waals surface area contributed by atoms with Crippen LogP contribution in [0.1, 0.15) is 36.3 Å². The van der Waals surface area contributed by atoms with E-state index >= 15 is 0 Å². The number of pyridine rings is 1. The molecule has 22 heavy (non-hydrogen) atoms. The van der Waals surface area contributed by atoms with Crippen LogP contribution in [0.15, 0.2) is 66.0 Å². The average molecular weight is 313 g/mol. The smallest absolute Gasteiger partial charge is 0.202 e. The Bertz CT molecular complexity index is 690. The maximum absolute atomic E-state index is 12.1. The van der Waals surface area contributed by atoms with Crippen molar-refractivity contribution in [1.29, 1.82) is 0 Å². The van der Waals surface area contributed by atoms with Gasteiger partial charge in [-0.1, -0.05) is 40.6 Å². The van der Waals surface area contributed by atoms with Crippen molar-refractivity contribution in [3.63, 3.8) is 0 Å². The van der Waals surface area contributed by atoms with Crippen molar-refractivity contribution in [2.45, 2.75) is 25.2 Å². The molecule has 1 aliphatic carbocycles. The number of rotatable bonds is 3. The van der Waals surface area contributed by atoms with E-state index < -0.39 is 0 Å². The van der Waals surface area contributed by atoms with Crippen LogP contribution in [0.25, 0.3) is 0 Å². The van der Waals surface area contributed by atoms with Crippen LogP contribution in [0, 0.1) is 0 Å². The minimum atomic E-state index is -0.282. The van der Waals surface area contributed by atoms with Crippen molar-refractivity contribution >= 4 is 17.5 Å². The molecule has 0 radical (unpaired) electrons. The summed E-state index contributed by atoms with van der Waals surface area (Å²) in [6.07, 6.45) is 11.6. The first-order valence-corrected chi connectivity index (χ1v) is 7.78. The highest BCUT2D eigenvalue weighted by Gasteiger charge is 2.13. The fourth-order valence-electron chi connectivity index (χ4n) is 2.62. The van der Waals surface area contributed by atoms with E-state index in [1.54, 1.807) is 28.9 Å². The summed E-state index contributed by atoms with van der Waals surface area (Å²) in [5.41, 5.74) is 1.83. The van der Waals surface area contributed by atoms with Crippen LogP contribution in [0.5, 0.6) is 0 Å². The molecule has 1 aromatic carbocycles. The number of nitrogens with zero attached hydrogens (tertiary/aromatic N) is 2. The van der Waals surface area contributed by atoms with Gasteiger partial charge in [0.2, 0.25) is 12.4 Å². The molecule has 3 rings (SSSR count). The maximum Gasteiger partial charge on any atom is 0.202 e. The molecule has 0 bridgehead atoms. The lowest BCUT2D eigenvalue weighted by Crippen LogP contribution is -2.33. The van der Waals surface area contributed by atoms with E-state index in [0.717, 1.165) is 12.8 Å². The maximum atomic E-state index is 12.1. The Kier molecular flexibility index (Phi) is 4.54. The number of allylic oxidation sites excluding steroid dienone is 2. The van der Waals surface area contributed by atoms with Crippen LogP contribution >= 0.6 is 11.6 Å². The third-order valence-corrected chi connectivity index (χ3v) is 4.13. The predicted octanol–water partition coefficient (Wildman–Crippen LogP) is 3.02. The van der Waals surface area contributed by atoms with E-state index in [4.69, 9.17) is 11.6 Å². The van der Waals surface area contributed by atoms with Gasteiger partial charge in [-0.15, -0.1) is 0 Å². The second-order valence-electron chi connectivity index (χ2n) is 5.40. The molecule has 0 N–H and O–H groups in total. The Hall–Kier alpha value is -2.13. The highest BCUT2D eigenvalue weighted by atomic mass is 35.5. The number of halogens is 1. The first-order chi connectivity index (χ1) is 10.7. The third kappa shape index (κ3) is 3.55. The average Bonchev–Trinajstić information content (AvgIpc) is 2.57. The summed E-state index contributed by atoms with van der Waals surface area (Å²) in [6.45, 7) is 0. The van der Waals surface area contributed by atoms with Crippen molar-refractivity contribution in [1.82, 2.24) is 0 Å². The van der Waals surface area contributed by atoms with Crippen LogP contribution in [-0.2, 0) is 0 Å². The molecule has 112 valence electrons. The number of hydrogen-bond acceptors (Lipinski definition) is 2. The fraction of sp³-hybridized carbons (Fsp3) is 0.222. The molecule has 1 unspecified atom stereocenters. The van der Waals surface area contributed by atoms with E-state index in [9.17, 15) is 5.11 Å². The van der Waals surface area contributed by atoms with Crippen molar-refractivity contribution in [3.8, 4) is 0 Å². The lowest BCUT2D eigenvalue weighted by Gasteiger charge is -2.16. The molecule has 0 amide bonds. The first kappa shape index (κ1) is 14.8. The van der Waals surface area contributed by atoms with Gasteiger partial charge in [-0.2, -0.15) is 0 Å². The summed E-state index contributed by atoms with van der Waals surface area (Å²) in [5.74, 6) is 0.293. The summed E-state index contributed by atoms with van der Waals surface area (Å²) in [5, 5.41) is 16.7. The molecule has 0 saturated carbocycles. The van der Waals surface area contributed by atoms with Gasteiger partial charge in [0.05, 0.1) is 5.90 Å². The van der Waals surface area contributed by atoms with Crippen molar-refractivity contribution < 1.29 is 9.78 Å².